The van der Waals surface area contributed by atoms with Crippen LogP contribution in [0.1, 0.15) is 35.6 Å². The summed E-state index contributed by atoms with van der Waals surface area (Å²) in [7, 11) is 0. The molecule has 1 aromatic heterocycles. The monoisotopic (exact) mass is 612 g/mol. The third kappa shape index (κ3) is 9.50. The molecule has 12 nitrogen and oxygen atoms in total. The molecule has 4 aromatic rings. The van der Waals surface area contributed by atoms with E-state index in [1.54, 1.807) is 48.5 Å². The van der Waals surface area contributed by atoms with E-state index in [-0.39, 0.29) is 37.5 Å². The lowest BCUT2D eigenvalue weighted by Gasteiger charge is -2.24. The molecular formula is C33H36N6O6. The zero-order chi connectivity index (χ0) is 32.2. The van der Waals surface area contributed by atoms with Gasteiger partial charge in [-0.1, -0.05) is 78.9 Å². The van der Waals surface area contributed by atoms with Crippen molar-refractivity contribution in [2.75, 3.05) is 6.54 Å². The van der Waals surface area contributed by atoms with Crippen molar-refractivity contribution < 1.29 is 23.5 Å². The van der Waals surface area contributed by atoms with Crippen LogP contribution in [-0.2, 0) is 32.1 Å². The van der Waals surface area contributed by atoms with Crippen LogP contribution in [0.4, 0.5) is 0 Å². The maximum Gasteiger partial charge on any atom is 0.342 e. The molecule has 0 bridgehead atoms. The Balaban J connectivity index is 1.58. The summed E-state index contributed by atoms with van der Waals surface area (Å²) in [5, 5.41) is 15.8. The summed E-state index contributed by atoms with van der Waals surface area (Å²) in [6.07, 6.45) is 0.667. The summed E-state index contributed by atoms with van der Waals surface area (Å²) in [6, 6.07) is 22.7. The van der Waals surface area contributed by atoms with Gasteiger partial charge < -0.3 is 36.6 Å². The molecule has 45 heavy (non-hydrogen) atoms. The van der Waals surface area contributed by atoms with Gasteiger partial charge in [-0.05, 0) is 42.5 Å². The van der Waals surface area contributed by atoms with Crippen molar-refractivity contribution in [2.24, 2.45) is 11.5 Å². The number of esters is 1. The first-order valence-electron chi connectivity index (χ1n) is 14.4. The van der Waals surface area contributed by atoms with Crippen LogP contribution in [-0.4, -0.2) is 42.4 Å². The predicted molar refractivity (Wildman–Crippen MR) is 169 cm³/mol. The molecule has 1 unspecified atom stereocenters. The van der Waals surface area contributed by atoms with Crippen molar-refractivity contribution in [3.63, 3.8) is 0 Å². The molecule has 0 aliphatic heterocycles. The first-order chi connectivity index (χ1) is 21.7. The van der Waals surface area contributed by atoms with Crippen LogP contribution in [0.15, 0.2) is 100 Å². The van der Waals surface area contributed by atoms with E-state index in [0.29, 0.717) is 23.0 Å². The molecule has 2 amide bonds. The lowest BCUT2D eigenvalue weighted by Crippen LogP contribution is -2.53. The number of fused-ring (bicyclic) bond motifs is 1. The minimum Gasteiger partial charge on any atom is -0.459 e. The van der Waals surface area contributed by atoms with Crippen LogP contribution in [0.25, 0.3) is 11.0 Å². The maximum atomic E-state index is 13.7. The number of hydrogen-bond acceptors (Lipinski definition) is 8. The lowest BCUT2D eigenvalue weighted by atomic mass is 10.0. The molecule has 0 aliphatic rings. The van der Waals surface area contributed by atoms with Gasteiger partial charge in [-0.3, -0.25) is 15.0 Å². The summed E-state index contributed by atoms with van der Waals surface area (Å²) in [5.74, 6) is -2.45. The van der Waals surface area contributed by atoms with Crippen LogP contribution >= 0.6 is 0 Å². The molecule has 3 aromatic carbocycles. The summed E-state index contributed by atoms with van der Waals surface area (Å²) in [4.78, 5) is 53.4. The van der Waals surface area contributed by atoms with Gasteiger partial charge in [0.25, 0.3) is 0 Å². The Morgan fingerprint density at radius 1 is 0.867 bits per heavy atom. The van der Waals surface area contributed by atoms with E-state index >= 15 is 0 Å². The van der Waals surface area contributed by atoms with Crippen LogP contribution in [0.5, 0.6) is 0 Å². The molecule has 8 N–H and O–H groups in total. The number of nitrogens with one attached hydrogen (secondary N) is 4. The second-order valence-electron chi connectivity index (χ2n) is 10.4. The largest absolute Gasteiger partial charge is 0.459 e. The maximum absolute atomic E-state index is 13.7. The molecule has 12 heteroatoms. The van der Waals surface area contributed by atoms with Gasteiger partial charge in [0.1, 0.15) is 18.2 Å². The fourth-order valence-corrected chi connectivity index (χ4v) is 4.64. The molecule has 0 saturated carbocycles. The number of rotatable bonds is 14. The highest BCUT2D eigenvalue weighted by Crippen LogP contribution is 2.19. The van der Waals surface area contributed by atoms with Crippen molar-refractivity contribution in [2.45, 2.75) is 44.0 Å². The number of carbonyl (C=O) groups excluding carboxylic acids is 3. The number of nitrogens with two attached hydrogens (primary N) is 2. The standard InChI is InChI=1S/C33H36N6O6/c34-25(18-21-10-3-1-4-11-21)29(40)38-26(15-9-17-37-33(35)36)30(41)39-28(32(43)44-20-22-12-5-2-6-13-22)24-19-23-14-7-8-16-27(23)45-31(24)42/h1-8,10-14,16,19,25-26,28H,9,15,17-18,20,34H2,(H,38,40)(H,39,41)(H4,35,36,37)/t25-,26-,28?/m0/s1. The fraction of sp³-hybridized carbons (Fsp3) is 0.242. The zero-order valence-electron chi connectivity index (χ0n) is 24.5. The summed E-state index contributed by atoms with van der Waals surface area (Å²) >= 11 is 0. The Morgan fingerprint density at radius 2 is 1.51 bits per heavy atom. The quantitative estimate of drug-likeness (QED) is 0.0405. The Morgan fingerprint density at radius 3 is 2.20 bits per heavy atom. The number of para-hydroxylation sites is 1. The molecule has 0 fully saturated rings. The van der Waals surface area contributed by atoms with E-state index in [0.717, 1.165) is 5.56 Å². The van der Waals surface area contributed by atoms with Crippen molar-refractivity contribution >= 4 is 34.7 Å². The van der Waals surface area contributed by atoms with E-state index in [4.69, 9.17) is 26.0 Å². The van der Waals surface area contributed by atoms with Gasteiger partial charge in [-0.2, -0.15) is 0 Å². The predicted octanol–water partition coefficient (Wildman–Crippen LogP) is 2.01. The Kier molecular flexibility index (Phi) is 11.4. The van der Waals surface area contributed by atoms with E-state index in [1.165, 1.54) is 6.07 Å². The van der Waals surface area contributed by atoms with Gasteiger partial charge in [-0.25, -0.2) is 9.59 Å². The van der Waals surface area contributed by atoms with Crippen LogP contribution in [0, 0.1) is 5.41 Å². The van der Waals surface area contributed by atoms with Gasteiger partial charge in [0.2, 0.25) is 11.8 Å². The Hall–Kier alpha value is -5.49. The second-order valence-corrected chi connectivity index (χ2v) is 10.4. The molecule has 1 heterocycles. The Bertz CT molecular complexity index is 1680. The van der Waals surface area contributed by atoms with E-state index in [9.17, 15) is 19.2 Å². The molecule has 0 spiro atoms. The van der Waals surface area contributed by atoms with Gasteiger partial charge in [0.05, 0.1) is 11.6 Å². The topological polar surface area (TPSA) is 203 Å². The van der Waals surface area contributed by atoms with Gasteiger partial charge >= 0.3 is 11.6 Å². The molecular weight excluding hydrogens is 576 g/mol. The SMILES string of the molecule is N=C(N)NCCC[C@H](NC(=O)[C@@H](N)Cc1ccccc1)C(=O)NC(C(=O)OCc1ccccc1)c1cc2ccccc2oc1=O. The van der Waals surface area contributed by atoms with Crippen molar-refractivity contribution in [1.82, 2.24) is 16.0 Å². The normalized spacial score (nSPS) is 12.8. The molecule has 234 valence electrons. The number of carbonyl (C=O) groups is 3. The molecule has 0 radical (unpaired) electrons. The van der Waals surface area contributed by atoms with E-state index in [1.807, 2.05) is 36.4 Å². The highest BCUT2D eigenvalue weighted by molar-refractivity contribution is 5.92. The van der Waals surface area contributed by atoms with Crippen molar-refractivity contribution in [1.29, 1.82) is 5.41 Å². The minimum absolute atomic E-state index is 0.101. The van der Waals surface area contributed by atoms with Crippen LogP contribution < -0.4 is 33.0 Å². The smallest absolute Gasteiger partial charge is 0.342 e. The summed E-state index contributed by atoms with van der Waals surface area (Å²) in [6.45, 7) is 0.151. The highest BCUT2D eigenvalue weighted by Gasteiger charge is 2.32. The Labute approximate surface area is 259 Å². The molecule has 0 aliphatic carbocycles. The number of hydrogen-bond donors (Lipinski definition) is 6. The molecule has 3 atom stereocenters. The first-order valence-corrected chi connectivity index (χ1v) is 14.4. The van der Waals surface area contributed by atoms with Gasteiger partial charge in [-0.15, -0.1) is 0 Å². The van der Waals surface area contributed by atoms with Crippen molar-refractivity contribution in [3.05, 3.63) is 118 Å². The fourth-order valence-electron chi connectivity index (χ4n) is 4.64. The summed E-state index contributed by atoms with van der Waals surface area (Å²) < 4.78 is 11.0. The van der Waals surface area contributed by atoms with Gasteiger partial charge in [0, 0.05) is 11.9 Å². The number of ether oxygens (including phenoxy) is 1. The highest BCUT2D eigenvalue weighted by atomic mass is 16.5. The van der Waals surface area contributed by atoms with Crippen LogP contribution in [0.3, 0.4) is 0 Å². The van der Waals surface area contributed by atoms with E-state index in [2.05, 4.69) is 16.0 Å². The second kappa shape index (κ2) is 15.8. The third-order valence-electron chi connectivity index (χ3n) is 6.98. The summed E-state index contributed by atoms with van der Waals surface area (Å²) in [5.41, 5.74) is 12.4. The average molecular weight is 613 g/mol. The average Bonchev–Trinajstić information content (AvgIpc) is 3.04. The first kappa shape index (κ1) is 32.4. The zero-order valence-corrected chi connectivity index (χ0v) is 24.5. The number of guanidine groups is 1. The van der Waals surface area contributed by atoms with Crippen molar-refractivity contribution in [3.8, 4) is 0 Å². The molecule has 4 rings (SSSR count). The number of benzene rings is 3. The third-order valence-corrected chi connectivity index (χ3v) is 6.98. The lowest BCUT2D eigenvalue weighted by molar-refractivity contribution is -0.149. The van der Waals surface area contributed by atoms with Gasteiger partial charge in [0.15, 0.2) is 12.0 Å². The number of amides is 2. The van der Waals surface area contributed by atoms with Crippen LogP contribution in [0.2, 0.25) is 0 Å². The minimum atomic E-state index is -1.55. The van der Waals surface area contributed by atoms with E-state index < -0.39 is 41.5 Å². The molecule has 0 saturated heterocycles.